The Morgan fingerprint density at radius 1 is 1.04 bits per heavy atom. The van der Waals surface area contributed by atoms with E-state index in [1.54, 1.807) is 0 Å². The molecule has 0 radical (unpaired) electrons. The van der Waals surface area contributed by atoms with E-state index in [1.807, 2.05) is 70.2 Å². The van der Waals surface area contributed by atoms with Crippen LogP contribution in [0.25, 0.3) is 11.5 Å². The van der Waals surface area contributed by atoms with Gasteiger partial charge in [-0.1, -0.05) is 41.6 Å². The number of carbonyl (C=O) groups is 1. The van der Waals surface area contributed by atoms with E-state index >= 15 is 0 Å². The van der Waals surface area contributed by atoms with Crippen molar-refractivity contribution in [2.24, 2.45) is 0 Å². The van der Waals surface area contributed by atoms with E-state index < -0.39 is 0 Å². The van der Waals surface area contributed by atoms with Crippen molar-refractivity contribution in [2.45, 2.75) is 38.2 Å². The maximum Gasteiger partial charge on any atom is 0.277 e. The Hall–Kier alpha value is -2.60. The summed E-state index contributed by atoms with van der Waals surface area (Å²) in [5.74, 6) is 0.355. The molecule has 3 rings (SSSR count). The number of hydrogen-bond acceptors (Lipinski definition) is 5. The van der Waals surface area contributed by atoms with Crippen molar-refractivity contribution in [1.29, 1.82) is 0 Å². The van der Waals surface area contributed by atoms with Gasteiger partial charge >= 0.3 is 0 Å². The number of rotatable bonds is 5. The summed E-state index contributed by atoms with van der Waals surface area (Å²) >= 11 is 1.25. The third kappa shape index (κ3) is 4.32. The SMILES string of the molecule is Cc1ccc(-c2nnc(S[C@H](C)C(=O)Nc3cc(C)ccc3C)o2)cc1. The summed E-state index contributed by atoms with van der Waals surface area (Å²) in [6.07, 6.45) is 0. The normalized spacial score (nSPS) is 12.0. The first-order valence-corrected chi connectivity index (χ1v) is 9.25. The number of thioether (sulfide) groups is 1. The number of nitrogens with zero attached hydrogens (tertiary/aromatic N) is 2. The van der Waals surface area contributed by atoms with Crippen LogP contribution in [0.2, 0.25) is 0 Å². The highest BCUT2D eigenvalue weighted by molar-refractivity contribution is 8.00. The standard InChI is InChI=1S/C20H21N3O2S/c1-12-6-9-16(10-7-12)19-22-23-20(25-19)26-15(4)18(24)21-17-11-13(2)5-8-14(17)3/h5-11,15H,1-4H3,(H,21,24)/t15-/m1/s1. The number of aromatic nitrogens is 2. The first-order chi connectivity index (χ1) is 12.4. The summed E-state index contributed by atoms with van der Waals surface area (Å²) in [6, 6.07) is 13.8. The van der Waals surface area contributed by atoms with Crippen molar-refractivity contribution in [2.75, 3.05) is 5.32 Å². The van der Waals surface area contributed by atoms with Crippen LogP contribution in [-0.2, 0) is 4.79 Å². The predicted molar refractivity (Wildman–Crippen MR) is 104 cm³/mol. The predicted octanol–water partition coefficient (Wildman–Crippen LogP) is 4.78. The van der Waals surface area contributed by atoms with Crippen LogP contribution in [-0.4, -0.2) is 21.4 Å². The minimum Gasteiger partial charge on any atom is -0.411 e. The van der Waals surface area contributed by atoms with Crippen LogP contribution in [0, 0.1) is 20.8 Å². The summed E-state index contributed by atoms with van der Waals surface area (Å²) in [7, 11) is 0. The second-order valence-electron chi connectivity index (χ2n) is 6.31. The fourth-order valence-electron chi connectivity index (χ4n) is 2.38. The Morgan fingerprint density at radius 3 is 2.46 bits per heavy atom. The number of anilines is 1. The second-order valence-corrected chi connectivity index (χ2v) is 7.60. The van der Waals surface area contributed by atoms with Crippen LogP contribution in [0.4, 0.5) is 5.69 Å². The number of benzene rings is 2. The average Bonchev–Trinajstić information content (AvgIpc) is 3.07. The molecule has 1 atom stereocenters. The van der Waals surface area contributed by atoms with E-state index in [2.05, 4.69) is 15.5 Å². The maximum absolute atomic E-state index is 12.5. The van der Waals surface area contributed by atoms with Gasteiger partial charge in [0.25, 0.3) is 5.22 Å². The van der Waals surface area contributed by atoms with Gasteiger partial charge in [-0.15, -0.1) is 10.2 Å². The minimum absolute atomic E-state index is 0.0983. The molecule has 1 amide bonds. The third-order valence-electron chi connectivity index (χ3n) is 4.00. The number of hydrogen-bond donors (Lipinski definition) is 1. The molecule has 1 N–H and O–H groups in total. The molecule has 0 aliphatic heterocycles. The lowest BCUT2D eigenvalue weighted by Crippen LogP contribution is -2.22. The largest absolute Gasteiger partial charge is 0.411 e. The van der Waals surface area contributed by atoms with Crippen LogP contribution < -0.4 is 5.32 Å². The van der Waals surface area contributed by atoms with Gasteiger partial charge in [-0.2, -0.15) is 0 Å². The summed E-state index contributed by atoms with van der Waals surface area (Å²) in [4.78, 5) is 12.5. The highest BCUT2D eigenvalue weighted by atomic mass is 32.2. The Morgan fingerprint density at radius 2 is 1.73 bits per heavy atom. The molecule has 0 saturated carbocycles. The van der Waals surface area contributed by atoms with Crippen molar-refractivity contribution in [3.05, 3.63) is 59.2 Å². The van der Waals surface area contributed by atoms with Crippen LogP contribution in [0.5, 0.6) is 0 Å². The van der Waals surface area contributed by atoms with Gasteiger partial charge in [0.05, 0.1) is 5.25 Å². The summed E-state index contributed by atoms with van der Waals surface area (Å²) in [5, 5.41) is 11.1. The number of nitrogens with one attached hydrogen (secondary N) is 1. The van der Waals surface area contributed by atoms with Crippen molar-refractivity contribution >= 4 is 23.4 Å². The molecule has 26 heavy (non-hydrogen) atoms. The monoisotopic (exact) mass is 367 g/mol. The average molecular weight is 367 g/mol. The van der Waals surface area contributed by atoms with Gasteiger partial charge < -0.3 is 9.73 Å². The van der Waals surface area contributed by atoms with Crippen molar-refractivity contribution in [1.82, 2.24) is 10.2 Å². The van der Waals surface area contributed by atoms with Crippen LogP contribution in [0.1, 0.15) is 23.6 Å². The molecule has 6 heteroatoms. The zero-order valence-corrected chi connectivity index (χ0v) is 16.1. The van der Waals surface area contributed by atoms with Gasteiger partial charge in [0.1, 0.15) is 0 Å². The lowest BCUT2D eigenvalue weighted by atomic mass is 10.1. The van der Waals surface area contributed by atoms with E-state index in [-0.39, 0.29) is 11.2 Å². The van der Waals surface area contributed by atoms with Gasteiger partial charge in [0, 0.05) is 11.3 Å². The van der Waals surface area contributed by atoms with Crippen molar-refractivity contribution < 1.29 is 9.21 Å². The Labute approximate surface area is 157 Å². The highest BCUT2D eigenvalue weighted by Crippen LogP contribution is 2.27. The van der Waals surface area contributed by atoms with E-state index in [4.69, 9.17) is 4.42 Å². The van der Waals surface area contributed by atoms with Gasteiger partial charge in [-0.3, -0.25) is 4.79 Å². The Kier molecular flexibility index (Phi) is 5.42. The second kappa shape index (κ2) is 7.74. The van der Waals surface area contributed by atoms with E-state index in [1.165, 1.54) is 17.3 Å². The van der Waals surface area contributed by atoms with E-state index in [9.17, 15) is 4.79 Å². The molecule has 0 fully saturated rings. The van der Waals surface area contributed by atoms with Crippen LogP contribution in [0.15, 0.2) is 52.1 Å². The lowest BCUT2D eigenvalue weighted by Gasteiger charge is -2.12. The van der Waals surface area contributed by atoms with Crippen molar-refractivity contribution in [3.8, 4) is 11.5 Å². The molecule has 0 aliphatic rings. The maximum atomic E-state index is 12.5. The van der Waals surface area contributed by atoms with Gasteiger partial charge in [0.15, 0.2) is 0 Å². The first-order valence-electron chi connectivity index (χ1n) is 8.37. The van der Waals surface area contributed by atoms with Crippen LogP contribution >= 0.6 is 11.8 Å². The number of aryl methyl sites for hydroxylation is 3. The minimum atomic E-state index is -0.360. The molecular formula is C20H21N3O2S. The molecule has 0 aliphatic carbocycles. The highest BCUT2D eigenvalue weighted by Gasteiger charge is 2.19. The topological polar surface area (TPSA) is 68.0 Å². The summed E-state index contributed by atoms with van der Waals surface area (Å²) < 4.78 is 5.68. The summed E-state index contributed by atoms with van der Waals surface area (Å²) in [5.41, 5.74) is 4.99. The molecule has 1 aromatic heterocycles. The molecule has 1 heterocycles. The van der Waals surface area contributed by atoms with Crippen LogP contribution in [0.3, 0.4) is 0 Å². The fraction of sp³-hybridized carbons (Fsp3) is 0.250. The molecule has 0 unspecified atom stereocenters. The van der Waals surface area contributed by atoms with Crippen molar-refractivity contribution in [3.63, 3.8) is 0 Å². The number of amides is 1. The first kappa shape index (κ1) is 18.2. The van der Waals surface area contributed by atoms with E-state index in [0.717, 1.165) is 22.4 Å². The molecule has 0 bridgehead atoms. The van der Waals surface area contributed by atoms with Gasteiger partial charge in [-0.25, -0.2) is 0 Å². The Balaban J connectivity index is 1.66. The number of carbonyl (C=O) groups excluding carboxylic acids is 1. The molecular weight excluding hydrogens is 346 g/mol. The quantitative estimate of drug-likeness (QED) is 0.657. The Bertz CT molecular complexity index is 919. The van der Waals surface area contributed by atoms with Gasteiger partial charge in [0.2, 0.25) is 11.8 Å². The molecule has 2 aromatic carbocycles. The zero-order valence-electron chi connectivity index (χ0n) is 15.2. The molecule has 134 valence electrons. The lowest BCUT2D eigenvalue weighted by molar-refractivity contribution is -0.115. The summed E-state index contributed by atoms with van der Waals surface area (Å²) in [6.45, 7) is 7.81. The molecule has 0 spiro atoms. The van der Waals surface area contributed by atoms with E-state index in [0.29, 0.717) is 11.1 Å². The van der Waals surface area contributed by atoms with Gasteiger partial charge in [-0.05, 0) is 57.0 Å². The molecule has 0 saturated heterocycles. The molecule has 5 nitrogen and oxygen atoms in total. The molecule has 3 aromatic rings. The smallest absolute Gasteiger partial charge is 0.277 e. The fourth-order valence-corrected chi connectivity index (χ4v) is 3.06. The zero-order chi connectivity index (χ0) is 18.7. The third-order valence-corrected chi connectivity index (χ3v) is 4.94.